The van der Waals surface area contributed by atoms with Gasteiger partial charge < -0.3 is 11.1 Å². The molecule has 0 unspecified atom stereocenters. The summed E-state index contributed by atoms with van der Waals surface area (Å²) in [4.78, 5) is 12.2. The van der Waals surface area contributed by atoms with Gasteiger partial charge in [0.1, 0.15) is 5.69 Å². The molecule has 0 radical (unpaired) electrons. The minimum atomic E-state index is -0.300. The number of amides is 1. The fraction of sp³-hybridized carbons (Fsp3) is 0.0833. The smallest absolute Gasteiger partial charge is 0.276 e. The summed E-state index contributed by atoms with van der Waals surface area (Å²) in [5.74, 6) is -0.300. The van der Waals surface area contributed by atoms with E-state index in [4.69, 9.17) is 5.73 Å². The second-order valence-electron chi connectivity index (χ2n) is 4.16. The number of nitrogen functional groups attached to an aromatic ring is 1. The van der Waals surface area contributed by atoms with Gasteiger partial charge in [-0.25, -0.2) is 0 Å². The van der Waals surface area contributed by atoms with Crippen LogP contribution in [-0.4, -0.2) is 25.9 Å². The highest BCUT2D eigenvalue weighted by atomic mass is 16.2. The number of aromatic nitrogens is 4. The molecule has 7 heteroatoms. The molecule has 3 aromatic rings. The average Bonchev–Trinajstić information content (AvgIpc) is 2.97. The molecule has 0 aliphatic carbocycles. The molecule has 0 aliphatic rings. The minimum Gasteiger partial charge on any atom is -0.396 e. The van der Waals surface area contributed by atoms with Crippen molar-refractivity contribution in [1.29, 1.82) is 0 Å². The number of nitrogens with zero attached hydrogens (tertiary/aromatic N) is 3. The topological polar surface area (TPSA) is 102 Å². The summed E-state index contributed by atoms with van der Waals surface area (Å²) in [7, 11) is 1.67. The van der Waals surface area contributed by atoms with Gasteiger partial charge in [-0.05, 0) is 12.1 Å². The number of carbonyl (C=O) groups is 1. The molecule has 2 heterocycles. The predicted molar refractivity (Wildman–Crippen MR) is 71.7 cm³/mol. The van der Waals surface area contributed by atoms with Gasteiger partial charge in [-0.15, -0.1) is 0 Å². The lowest BCUT2D eigenvalue weighted by molar-refractivity contribution is 0.101. The number of aryl methyl sites for hydroxylation is 1. The van der Waals surface area contributed by atoms with Gasteiger partial charge in [0.15, 0.2) is 0 Å². The Balaban J connectivity index is 1.98. The van der Waals surface area contributed by atoms with Crippen LogP contribution in [0, 0.1) is 0 Å². The highest BCUT2D eigenvalue weighted by Crippen LogP contribution is 2.22. The van der Waals surface area contributed by atoms with Crippen LogP contribution in [0.5, 0.6) is 0 Å². The molecule has 96 valence electrons. The summed E-state index contributed by atoms with van der Waals surface area (Å²) in [5, 5.41) is 14.4. The Labute approximate surface area is 108 Å². The molecule has 0 saturated heterocycles. The Hall–Kier alpha value is -2.83. The van der Waals surface area contributed by atoms with E-state index in [1.807, 2.05) is 18.2 Å². The third-order valence-electron chi connectivity index (χ3n) is 2.92. The fourth-order valence-corrected chi connectivity index (χ4v) is 1.99. The van der Waals surface area contributed by atoms with Gasteiger partial charge >= 0.3 is 0 Å². The number of benzene rings is 1. The first-order valence-corrected chi connectivity index (χ1v) is 5.67. The number of anilines is 2. The van der Waals surface area contributed by atoms with Crippen LogP contribution < -0.4 is 11.1 Å². The van der Waals surface area contributed by atoms with E-state index >= 15 is 0 Å². The van der Waals surface area contributed by atoms with Crippen LogP contribution in [0.1, 0.15) is 10.5 Å². The lowest BCUT2D eigenvalue weighted by Gasteiger charge is -2.07. The van der Waals surface area contributed by atoms with E-state index in [1.54, 1.807) is 13.2 Å². The maximum Gasteiger partial charge on any atom is 0.276 e. The first-order valence-electron chi connectivity index (χ1n) is 5.67. The van der Waals surface area contributed by atoms with Gasteiger partial charge in [-0.2, -0.15) is 10.2 Å². The number of fused-ring (bicyclic) bond motifs is 1. The van der Waals surface area contributed by atoms with Crippen LogP contribution in [0.2, 0.25) is 0 Å². The van der Waals surface area contributed by atoms with E-state index in [1.165, 1.54) is 10.9 Å². The number of nitrogens with two attached hydrogens (primary N) is 1. The third-order valence-corrected chi connectivity index (χ3v) is 2.92. The summed E-state index contributed by atoms with van der Waals surface area (Å²) in [6.07, 6.45) is 3.12. The standard InChI is InChI=1S/C12H12N6O/c1-18-11(8(13)6-15-18)12(19)16-9-3-2-4-10-7(9)5-14-17-10/h2-6H,13H2,1H3,(H,14,17)(H,16,19). The van der Waals surface area contributed by atoms with Gasteiger partial charge in [-0.3, -0.25) is 14.6 Å². The third kappa shape index (κ3) is 1.81. The average molecular weight is 256 g/mol. The normalized spacial score (nSPS) is 10.8. The van der Waals surface area contributed by atoms with Crippen LogP contribution in [0.3, 0.4) is 0 Å². The molecule has 3 rings (SSSR count). The number of H-pyrrole nitrogens is 1. The quantitative estimate of drug-likeness (QED) is 0.639. The number of aromatic amines is 1. The molecule has 4 N–H and O–H groups in total. The summed E-state index contributed by atoms with van der Waals surface area (Å²) in [6, 6.07) is 5.53. The second-order valence-corrected chi connectivity index (χ2v) is 4.16. The van der Waals surface area contributed by atoms with E-state index in [-0.39, 0.29) is 5.91 Å². The SMILES string of the molecule is Cn1ncc(N)c1C(=O)Nc1cccc2[nH]ncc12. The van der Waals surface area contributed by atoms with Gasteiger partial charge in [0.25, 0.3) is 5.91 Å². The van der Waals surface area contributed by atoms with Crippen molar-refractivity contribution in [3.05, 3.63) is 36.3 Å². The predicted octanol–water partition coefficient (Wildman–Crippen LogP) is 1.13. The van der Waals surface area contributed by atoms with Crippen LogP contribution in [0.15, 0.2) is 30.6 Å². The molecule has 0 atom stereocenters. The lowest BCUT2D eigenvalue weighted by atomic mass is 10.2. The molecule has 0 fully saturated rings. The Bertz CT molecular complexity index is 737. The van der Waals surface area contributed by atoms with Crippen molar-refractivity contribution in [2.24, 2.45) is 7.05 Å². The van der Waals surface area contributed by atoms with Crippen molar-refractivity contribution in [2.75, 3.05) is 11.1 Å². The second kappa shape index (κ2) is 4.13. The van der Waals surface area contributed by atoms with E-state index in [2.05, 4.69) is 20.6 Å². The van der Waals surface area contributed by atoms with Gasteiger partial charge in [0.05, 0.1) is 29.3 Å². The van der Waals surface area contributed by atoms with Crippen molar-refractivity contribution in [1.82, 2.24) is 20.0 Å². The Kier molecular flexibility index (Phi) is 2.45. The first kappa shape index (κ1) is 11.3. The maximum atomic E-state index is 12.2. The van der Waals surface area contributed by atoms with Crippen LogP contribution in [-0.2, 0) is 7.05 Å². The van der Waals surface area contributed by atoms with Gasteiger partial charge in [-0.1, -0.05) is 6.07 Å². The van der Waals surface area contributed by atoms with E-state index in [9.17, 15) is 4.79 Å². The lowest BCUT2D eigenvalue weighted by Crippen LogP contribution is -2.17. The molecule has 0 spiro atoms. The van der Waals surface area contributed by atoms with Crippen molar-refractivity contribution < 1.29 is 4.79 Å². The van der Waals surface area contributed by atoms with Crippen molar-refractivity contribution in [2.45, 2.75) is 0 Å². The highest BCUT2D eigenvalue weighted by molar-refractivity contribution is 6.10. The van der Waals surface area contributed by atoms with E-state index in [0.29, 0.717) is 17.1 Å². The molecule has 0 saturated carbocycles. The Morgan fingerprint density at radius 2 is 2.26 bits per heavy atom. The molecule has 0 aliphatic heterocycles. The minimum absolute atomic E-state index is 0.300. The van der Waals surface area contributed by atoms with E-state index < -0.39 is 0 Å². The van der Waals surface area contributed by atoms with Crippen molar-refractivity contribution >= 4 is 28.2 Å². The monoisotopic (exact) mass is 256 g/mol. The van der Waals surface area contributed by atoms with Crippen LogP contribution in [0.4, 0.5) is 11.4 Å². The summed E-state index contributed by atoms with van der Waals surface area (Å²) in [6.45, 7) is 0. The van der Waals surface area contributed by atoms with Crippen molar-refractivity contribution in [3.8, 4) is 0 Å². The number of hydrogen-bond donors (Lipinski definition) is 3. The summed E-state index contributed by atoms with van der Waals surface area (Å²) < 4.78 is 1.44. The molecule has 1 aromatic carbocycles. The first-order chi connectivity index (χ1) is 9.16. The molecular formula is C12H12N6O. The largest absolute Gasteiger partial charge is 0.396 e. The summed E-state index contributed by atoms with van der Waals surface area (Å²) in [5.41, 5.74) is 7.94. The van der Waals surface area contributed by atoms with Gasteiger partial charge in [0.2, 0.25) is 0 Å². The van der Waals surface area contributed by atoms with Crippen molar-refractivity contribution in [3.63, 3.8) is 0 Å². The van der Waals surface area contributed by atoms with Gasteiger partial charge in [0, 0.05) is 12.4 Å². The maximum absolute atomic E-state index is 12.2. The molecule has 2 aromatic heterocycles. The molecular weight excluding hydrogens is 244 g/mol. The molecule has 0 bridgehead atoms. The fourth-order valence-electron chi connectivity index (χ4n) is 1.99. The van der Waals surface area contributed by atoms with E-state index in [0.717, 1.165) is 10.9 Å². The zero-order chi connectivity index (χ0) is 13.4. The Morgan fingerprint density at radius 1 is 1.42 bits per heavy atom. The Morgan fingerprint density at radius 3 is 3.00 bits per heavy atom. The van der Waals surface area contributed by atoms with Crippen LogP contribution >= 0.6 is 0 Å². The number of carbonyl (C=O) groups excluding carboxylic acids is 1. The van der Waals surface area contributed by atoms with Crippen LogP contribution in [0.25, 0.3) is 10.9 Å². The zero-order valence-electron chi connectivity index (χ0n) is 10.2. The molecule has 1 amide bonds. The number of nitrogens with one attached hydrogen (secondary N) is 2. The number of rotatable bonds is 2. The zero-order valence-corrected chi connectivity index (χ0v) is 10.2. The summed E-state index contributed by atoms with van der Waals surface area (Å²) >= 11 is 0. The highest BCUT2D eigenvalue weighted by Gasteiger charge is 2.16. The molecule has 19 heavy (non-hydrogen) atoms. The molecule has 7 nitrogen and oxygen atoms in total. The number of hydrogen-bond acceptors (Lipinski definition) is 4.